The molecule has 1 atom stereocenters. The summed E-state index contributed by atoms with van der Waals surface area (Å²) in [6.45, 7) is 6.05. The molecule has 4 heteroatoms. The smallest absolute Gasteiger partial charge is 0.341 e. The summed E-state index contributed by atoms with van der Waals surface area (Å²) in [4.78, 5) is 15.5. The van der Waals surface area contributed by atoms with Gasteiger partial charge in [0.1, 0.15) is 5.15 Å². The van der Waals surface area contributed by atoms with E-state index in [1.807, 2.05) is 6.92 Å². The van der Waals surface area contributed by atoms with Crippen molar-refractivity contribution in [2.45, 2.75) is 33.3 Å². The molecule has 1 rings (SSSR count). The Balaban J connectivity index is 2.63. The van der Waals surface area contributed by atoms with Crippen molar-refractivity contribution in [3.05, 3.63) is 29.0 Å². The van der Waals surface area contributed by atoms with Crippen molar-refractivity contribution >= 4 is 17.6 Å². The summed E-state index contributed by atoms with van der Waals surface area (Å²) in [6, 6.07) is 3.27. The molecule has 0 spiro atoms. The lowest BCUT2D eigenvalue weighted by molar-refractivity contribution is 0.0299. The number of halogens is 1. The molecule has 1 heterocycles. The molecule has 1 aromatic heterocycles. The van der Waals surface area contributed by atoms with E-state index in [-0.39, 0.29) is 11.3 Å². The second-order valence-corrected chi connectivity index (χ2v) is 4.55. The molecule has 0 aliphatic rings. The molecule has 0 bridgehead atoms. The molecule has 0 aromatic carbocycles. The first-order chi connectivity index (χ1) is 7.50. The van der Waals surface area contributed by atoms with Gasteiger partial charge in [0.2, 0.25) is 0 Å². The Morgan fingerprint density at radius 1 is 1.50 bits per heavy atom. The van der Waals surface area contributed by atoms with E-state index in [1.165, 1.54) is 6.20 Å². The van der Waals surface area contributed by atoms with Crippen LogP contribution in [-0.2, 0) is 4.74 Å². The minimum absolute atomic E-state index is 0.108. The second-order valence-electron chi connectivity index (χ2n) is 4.19. The SMILES string of the molecule is CC(C)CC(C)OC(=O)c1cccnc1Cl. The minimum Gasteiger partial charge on any atom is -0.459 e. The lowest BCUT2D eigenvalue weighted by atomic mass is 10.1. The molecule has 0 amide bonds. The van der Waals surface area contributed by atoms with Crippen molar-refractivity contribution in [2.75, 3.05) is 0 Å². The fourth-order valence-electron chi connectivity index (χ4n) is 1.50. The number of hydrogen-bond donors (Lipinski definition) is 0. The maximum absolute atomic E-state index is 11.7. The van der Waals surface area contributed by atoms with Crippen molar-refractivity contribution in [2.24, 2.45) is 5.92 Å². The minimum atomic E-state index is -0.411. The topological polar surface area (TPSA) is 39.2 Å². The molecule has 3 nitrogen and oxygen atoms in total. The molecule has 0 radical (unpaired) electrons. The number of aromatic nitrogens is 1. The monoisotopic (exact) mass is 241 g/mol. The predicted octanol–water partition coefficient (Wildman–Crippen LogP) is 3.33. The zero-order valence-corrected chi connectivity index (χ0v) is 10.5. The van der Waals surface area contributed by atoms with Crippen molar-refractivity contribution in [1.29, 1.82) is 0 Å². The molecular weight excluding hydrogens is 226 g/mol. The maximum Gasteiger partial charge on any atom is 0.341 e. The molecule has 88 valence electrons. The lowest BCUT2D eigenvalue weighted by Gasteiger charge is -2.15. The first kappa shape index (κ1) is 13.0. The Hall–Kier alpha value is -1.09. The van der Waals surface area contributed by atoms with E-state index in [0.29, 0.717) is 11.5 Å². The van der Waals surface area contributed by atoms with Gasteiger partial charge < -0.3 is 4.74 Å². The van der Waals surface area contributed by atoms with Crippen molar-refractivity contribution in [1.82, 2.24) is 4.98 Å². The largest absolute Gasteiger partial charge is 0.459 e. The first-order valence-corrected chi connectivity index (χ1v) is 5.70. The van der Waals surface area contributed by atoms with E-state index in [2.05, 4.69) is 18.8 Å². The van der Waals surface area contributed by atoms with Gasteiger partial charge in [-0.2, -0.15) is 0 Å². The highest BCUT2D eigenvalue weighted by Gasteiger charge is 2.16. The quantitative estimate of drug-likeness (QED) is 0.600. The molecule has 0 aliphatic carbocycles. The first-order valence-electron chi connectivity index (χ1n) is 5.32. The summed E-state index contributed by atoms with van der Waals surface area (Å²) in [5, 5.41) is 0.184. The van der Waals surface area contributed by atoms with E-state index in [0.717, 1.165) is 6.42 Å². The van der Waals surface area contributed by atoms with Gasteiger partial charge in [-0.15, -0.1) is 0 Å². The summed E-state index contributed by atoms with van der Waals surface area (Å²) in [5.74, 6) is 0.0819. The van der Waals surface area contributed by atoms with Crippen LogP contribution in [0.15, 0.2) is 18.3 Å². The zero-order valence-electron chi connectivity index (χ0n) is 9.74. The number of esters is 1. The lowest BCUT2D eigenvalue weighted by Crippen LogP contribution is -2.17. The number of carbonyl (C=O) groups is 1. The Morgan fingerprint density at radius 2 is 2.19 bits per heavy atom. The molecule has 1 unspecified atom stereocenters. The van der Waals surface area contributed by atoms with E-state index in [4.69, 9.17) is 16.3 Å². The van der Waals surface area contributed by atoms with Crippen LogP contribution in [0.25, 0.3) is 0 Å². The normalized spacial score (nSPS) is 12.6. The Kier molecular flexibility index (Phi) is 4.74. The van der Waals surface area contributed by atoms with Crippen molar-refractivity contribution < 1.29 is 9.53 Å². The van der Waals surface area contributed by atoms with Gasteiger partial charge in [-0.1, -0.05) is 25.4 Å². The van der Waals surface area contributed by atoms with Gasteiger partial charge in [0, 0.05) is 6.20 Å². The molecule has 0 N–H and O–H groups in total. The van der Waals surface area contributed by atoms with Gasteiger partial charge in [-0.25, -0.2) is 9.78 Å². The van der Waals surface area contributed by atoms with Gasteiger partial charge in [-0.3, -0.25) is 0 Å². The summed E-state index contributed by atoms with van der Waals surface area (Å²) < 4.78 is 5.26. The van der Waals surface area contributed by atoms with E-state index in [9.17, 15) is 4.79 Å². The average Bonchev–Trinajstić information content (AvgIpc) is 2.16. The molecule has 0 aliphatic heterocycles. The highest BCUT2D eigenvalue weighted by molar-refractivity contribution is 6.32. The number of carbonyl (C=O) groups excluding carboxylic acids is 1. The van der Waals surface area contributed by atoms with Crippen LogP contribution in [0.3, 0.4) is 0 Å². The molecule has 0 fully saturated rings. The van der Waals surface area contributed by atoms with Gasteiger partial charge in [-0.05, 0) is 31.4 Å². The van der Waals surface area contributed by atoms with Gasteiger partial charge in [0.05, 0.1) is 11.7 Å². The van der Waals surface area contributed by atoms with E-state index < -0.39 is 5.97 Å². The van der Waals surface area contributed by atoms with Crippen LogP contribution in [0.1, 0.15) is 37.6 Å². The predicted molar refractivity (Wildman–Crippen MR) is 63.6 cm³/mol. The van der Waals surface area contributed by atoms with Gasteiger partial charge in [0.15, 0.2) is 0 Å². The van der Waals surface area contributed by atoms with Crippen molar-refractivity contribution in [3.8, 4) is 0 Å². The summed E-state index contributed by atoms with van der Waals surface area (Å²) >= 11 is 5.80. The second kappa shape index (κ2) is 5.85. The highest BCUT2D eigenvalue weighted by Crippen LogP contribution is 2.15. The van der Waals surface area contributed by atoms with Crippen LogP contribution in [0.4, 0.5) is 0 Å². The third kappa shape index (κ3) is 3.81. The Bertz CT molecular complexity index is 366. The standard InChI is InChI=1S/C12H16ClNO2/c1-8(2)7-9(3)16-12(15)10-5-4-6-14-11(10)13/h4-6,8-9H,7H2,1-3H3. The number of ether oxygens (including phenoxy) is 1. The molecule has 1 aromatic rings. The van der Waals surface area contributed by atoms with Gasteiger partial charge >= 0.3 is 5.97 Å². The average molecular weight is 242 g/mol. The molecule has 16 heavy (non-hydrogen) atoms. The number of nitrogens with zero attached hydrogens (tertiary/aromatic N) is 1. The highest BCUT2D eigenvalue weighted by atomic mass is 35.5. The number of pyridine rings is 1. The fourth-order valence-corrected chi connectivity index (χ4v) is 1.69. The van der Waals surface area contributed by atoms with Crippen molar-refractivity contribution in [3.63, 3.8) is 0 Å². The maximum atomic E-state index is 11.7. The number of rotatable bonds is 4. The number of hydrogen-bond acceptors (Lipinski definition) is 3. The molecule has 0 saturated heterocycles. The van der Waals surface area contributed by atoms with Crippen LogP contribution < -0.4 is 0 Å². The Morgan fingerprint density at radius 3 is 2.75 bits per heavy atom. The third-order valence-electron chi connectivity index (χ3n) is 2.09. The van der Waals surface area contributed by atoms with Gasteiger partial charge in [0.25, 0.3) is 0 Å². The Labute approximate surface area is 101 Å². The fraction of sp³-hybridized carbons (Fsp3) is 0.500. The van der Waals surface area contributed by atoms with Crippen LogP contribution in [0.2, 0.25) is 5.15 Å². The van der Waals surface area contributed by atoms with E-state index >= 15 is 0 Å². The van der Waals surface area contributed by atoms with Crippen LogP contribution >= 0.6 is 11.6 Å². The summed E-state index contributed by atoms with van der Waals surface area (Å²) in [7, 11) is 0. The zero-order chi connectivity index (χ0) is 12.1. The molecule has 0 saturated carbocycles. The molecular formula is C12H16ClNO2. The summed E-state index contributed by atoms with van der Waals surface area (Å²) in [5.41, 5.74) is 0.319. The van der Waals surface area contributed by atoms with Crippen LogP contribution in [0, 0.1) is 5.92 Å². The van der Waals surface area contributed by atoms with Crippen LogP contribution in [0.5, 0.6) is 0 Å². The van der Waals surface area contributed by atoms with Crippen LogP contribution in [-0.4, -0.2) is 17.1 Å². The summed E-state index contributed by atoms with van der Waals surface area (Å²) in [6.07, 6.45) is 2.27. The van der Waals surface area contributed by atoms with E-state index in [1.54, 1.807) is 12.1 Å². The third-order valence-corrected chi connectivity index (χ3v) is 2.39.